The van der Waals surface area contributed by atoms with E-state index in [4.69, 9.17) is 14.4 Å². The van der Waals surface area contributed by atoms with E-state index in [0.29, 0.717) is 5.84 Å². The monoisotopic (exact) mass is 677 g/mol. The van der Waals surface area contributed by atoms with E-state index in [0.717, 1.165) is 61.0 Å². The summed E-state index contributed by atoms with van der Waals surface area (Å²) in [6.45, 7) is 0. The minimum atomic E-state index is -0.369. The lowest BCUT2D eigenvalue weighted by Gasteiger charge is -2.25. The van der Waals surface area contributed by atoms with Gasteiger partial charge >= 0.3 is 0 Å². The molecular formula is C49H31N3O. The van der Waals surface area contributed by atoms with E-state index in [1.807, 2.05) is 6.07 Å². The molecule has 0 aliphatic carbocycles. The number of hydrogen-bond acceptors (Lipinski definition) is 4. The highest BCUT2D eigenvalue weighted by Crippen LogP contribution is 2.40. The van der Waals surface area contributed by atoms with Gasteiger partial charge in [-0.15, -0.1) is 0 Å². The second-order valence-corrected chi connectivity index (χ2v) is 13.7. The van der Waals surface area contributed by atoms with Gasteiger partial charge in [0, 0.05) is 27.5 Å². The Hall–Kier alpha value is -7.04. The summed E-state index contributed by atoms with van der Waals surface area (Å²) < 4.78 is 6.78. The van der Waals surface area contributed by atoms with Crippen LogP contribution < -0.4 is 5.32 Å². The van der Waals surface area contributed by atoms with Crippen molar-refractivity contribution in [2.45, 2.75) is 6.17 Å². The number of para-hydroxylation sites is 1. The Morgan fingerprint density at radius 3 is 1.96 bits per heavy atom. The van der Waals surface area contributed by atoms with E-state index in [-0.39, 0.29) is 6.17 Å². The van der Waals surface area contributed by atoms with Gasteiger partial charge in [0.05, 0.1) is 0 Å². The van der Waals surface area contributed by atoms with Crippen molar-refractivity contribution < 1.29 is 4.42 Å². The van der Waals surface area contributed by atoms with Crippen molar-refractivity contribution >= 4 is 76.7 Å². The van der Waals surface area contributed by atoms with E-state index in [1.54, 1.807) is 0 Å². The quantitative estimate of drug-likeness (QED) is 0.189. The van der Waals surface area contributed by atoms with E-state index in [1.165, 1.54) is 37.7 Å². The van der Waals surface area contributed by atoms with Gasteiger partial charge in [-0.3, -0.25) is 0 Å². The molecule has 0 amide bonds. The number of fused-ring (bicyclic) bond motifs is 8. The van der Waals surface area contributed by atoms with Crippen LogP contribution in [0.15, 0.2) is 190 Å². The summed E-state index contributed by atoms with van der Waals surface area (Å²) >= 11 is 0. The number of amidine groups is 2. The standard InChI is InChI=1S/C49H31N3O/c1-2-14-32-28-34(27-26-30(32)12-1)47-50-48(52-49(51-47)43-29-33-15-4-6-18-36(33)37-19-7-8-20-39(37)43)42-24-11-25-44-45(42)41-23-10-22-40(46(41)53-44)38-21-9-16-31-13-3-5-17-35(31)38/h1-29,47H,(H,50,51,52). The third-order valence-corrected chi connectivity index (χ3v) is 10.7. The Balaban J connectivity index is 1.15. The molecule has 2 heterocycles. The maximum Gasteiger partial charge on any atom is 0.160 e. The molecule has 0 radical (unpaired) electrons. The number of hydrogen-bond donors (Lipinski definition) is 1. The maximum absolute atomic E-state index is 6.78. The highest BCUT2D eigenvalue weighted by atomic mass is 16.3. The molecule has 1 atom stereocenters. The van der Waals surface area contributed by atoms with Crippen LogP contribution in [0.1, 0.15) is 22.9 Å². The molecule has 248 valence electrons. The van der Waals surface area contributed by atoms with Crippen LogP contribution in [0.25, 0.3) is 76.2 Å². The third kappa shape index (κ3) is 4.77. The molecular weight excluding hydrogens is 647 g/mol. The molecule has 0 spiro atoms. The van der Waals surface area contributed by atoms with Gasteiger partial charge in [0.25, 0.3) is 0 Å². The van der Waals surface area contributed by atoms with E-state index in [2.05, 4.69) is 175 Å². The SMILES string of the molecule is c1ccc2cc(C3N=C(c4cccc5oc6c(-c7cccc8ccccc78)cccc6c45)N=C(c4cc5ccccc5c5ccccc45)N3)ccc2c1. The largest absolute Gasteiger partial charge is 0.455 e. The van der Waals surface area contributed by atoms with Crippen LogP contribution in [0.5, 0.6) is 0 Å². The minimum absolute atomic E-state index is 0.369. The molecule has 1 aliphatic heterocycles. The lowest BCUT2D eigenvalue weighted by Crippen LogP contribution is -2.33. The summed E-state index contributed by atoms with van der Waals surface area (Å²) in [4.78, 5) is 10.8. The molecule has 0 saturated heterocycles. The minimum Gasteiger partial charge on any atom is -0.455 e. The van der Waals surface area contributed by atoms with Crippen molar-refractivity contribution in [2.24, 2.45) is 9.98 Å². The number of nitrogens with one attached hydrogen (secondary N) is 1. The third-order valence-electron chi connectivity index (χ3n) is 10.7. The van der Waals surface area contributed by atoms with Gasteiger partial charge in [0.2, 0.25) is 0 Å². The Morgan fingerprint density at radius 2 is 1.08 bits per heavy atom. The summed E-state index contributed by atoms with van der Waals surface area (Å²) in [6.07, 6.45) is -0.369. The first-order valence-corrected chi connectivity index (χ1v) is 18.0. The van der Waals surface area contributed by atoms with Crippen LogP contribution in [0.3, 0.4) is 0 Å². The fraction of sp³-hybridized carbons (Fsp3) is 0.0204. The predicted octanol–water partition coefficient (Wildman–Crippen LogP) is 12.4. The molecule has 4 heteroatoms. The van der Waals surface area contributed by atoms with Gasteiger partial charge in [-0.05, 0) is 72.4 Å². The second kappa shape index (κ2) is 11.8. The summed E-state index contributed by atoms with van der Waals surface area (Å²) in [7, 11) is 0. The molecule has 0 saturated carbocycles. The molecule has 0 bridgehead atoms. The maximum atomic E-state index is 6.78. The van der Waals surface area contributed by atoms with Gasteiger partial charge in [0.1, 0.15) is 23.2 Å². The molecule has 1 unspecified atom stereocenters. The molecule has 1 aliphatic rings. The van der Waals surface area contributed by atoms with Crippen LogP contribution in [-0.2, 0) is 0 Å². The Bertz CT molecular complexity index is 3160. The Kier molecular flexibility index (Phi) is 6.58. The molecule has 1 aromatic heterocycles. The summed E-state index contributed by atoms with van der Waals surface area (Å²) in [5.74, 6) is 1.45. The zero-order valence-electron chi connectivity index (χ0n) is 28.6. The number of furan rings is 1. The molecule has 53 heavy (non-hydrogen) atoms. The second-order valence-electron chi connectivity index (χ2n) is 13.7. The first-order chi connectivity index (χ1) is 26.3. The summed E-state index contributed by atoms with van der Waals surface area (Å²) in [5, 5.41) is 15.3. The van der Waals surface area contributed by atoms with Crippen molar-refractivity contribution in [1.82, 2.24) is 5.32 Å². The zero-order valence-corrected chi connectivity index (χ0v) is 28.6. The van der Waals surface area contributed by atoms with Gasteiger partial charge in [-0.1, -0.05) is 158 Å². The molecule has 11 rings (SSSR count). The van der Waals surface area contributed by atoms with Crippen LogP contribution in [0, 0.1) is 0 Å². The van der Waals surface area contributed by atoms with Gasteiger partial charge < -0.3 is 9.73 Å². The van der Waals surface area contributed by atoms with E-state index in [9.17, 15) is 0 Å². The highest BCUT2D eigenvalue weighted by Gasteiger charge is 2.26. The molecule has 4 nitrogen and oxygen atoms in total. The van der Waals surface area contributed by atoms with E-state index >= 15 is 0 Å². The molecule has 1 N–H and O–H groups in total. The smallest absolute Gasteiger partial charge is 0.160 e. The average Bonchev–Trinajstić information content (AvgIpc) is 3.62. The van der Waals surface area contributed by atoms with E-state index < -0.39 is 0 Å². The van der Waals surface area contributed by atoms with Crippen LogP contribution >= 0.6 is 0 Å². The fourth-order valence-corrected chi connectivity index (χ4v) is 8.21. The van der Waals surface area contributed by atoms with Gasteiger partial charge in [-0.25, -0.2) is 9.98 Å². The normalized spacial score (nSPS) is 14.6. The summed E-state index contributed by atoms with van der Waals surface area (Å²) in [6, 6.07) is 62.1. The van der Waals surface area contributed by atoms with Gasteiger partial charge in [-0.2, -0.15) is 0 Å². The van der Waals surface area contributed by atoms with Crippen LogP contribution in [0.4, 0.5) is 0 Å². The van der Waals surface area contributed by atoms with Crippen molar-refractivity contribution in [1.29, 1.82) is 0 Å². The molecule has 0 fully saturated rings. The molecule has 9 aromatic carbocycles. The first-order valence-electron chi connectivity index (χ1n) is 18.0. The van der Waals surface area contributed by atoms with Crippen LogP contribution in [0.2, 0.25) is 0 Å². The van der Waals surface area contributed by atoms with Gasteiger partial charge in [0.15, 0.2) is 5.84 Å². The van der Waals surface area contributed by atoms with Crippen molar-refractivity contribution in [3.8, 4) is 11.1 Å². The number of nitrogens with zero attached hydrogens (tertiary/aromatic N) is 2. The predicted molar refractivity (Wildman–Crippen MR) is 221 cm³/mol. The highest BCUT2D eigenvalue weighted by molar-refractivity contribution is 6.26. The fourth-order valence-electron chi connectivity index (χ4n) is 8.21. The Morgan fingerprint density at radius 1 is 0.434 bits per heavy atom. The van der Waals surface area contributed by atoms with Crippen molar-refractivity contribution in [2.75, 3.05) is 0 Å². The molecule has 10 aromatic rings. The average molecular weight is 678 g/mol. The summed E-state index contributed by atoms with van der Waals surface area (Å²) in [5.41, 5.74) is 6.92. The van der Waals surface area contributed by atoms with Crippen LogP contribution in [-0.4, -0.2) is 11.7 Å². The van der Waals surface area contributed by atoms with Crippen molar-refractivity contribution in [3.63, 3.8) is 0 Å². The number of benzene rings is 9. The Labute approximate surface area is 305 Å². The zero-order chi connectivity index (χ0) is 34.9. The topological polar surface area (TPSA) is 49.9 Å². The lowest BCUT2D eigenvalue weighted by atomic mass is 9.95. The first kappa shape index (κ1) is 29.7. The van der Waals surface area contributed by atoms with Crippen molar-refractivity contribution in [3.05, 3.63) is 193 Å². The number of rotatable bonds is 4. The number of aliphatic imine (C=N–C) groups is 2. The lowest BCUT2D eigenvalue weighted by molar-refractivity contribution is 0.669.